The first-order valence-electron chi connectivity index (χ1n) is 5.01. The van der Waals surface area contributed by atoms with E-state index in [4.69, 9.17) is 9.84 Å². The predicted octanol–water partition coefficient (Wildman–Crippen LogP) is 1.74. The molecule has 0 saturated heterocycles. The Morgan fingerprint density at radius 3 is 2.62 bits per heavy atom. The van der Waals surface area contributed by atoms with Crippen LogP contribution in [-0.4, -0.2) is 24.3 Å². The van der Waals surface area contributed by atoms with Gasteiger partial charge in [-0.15, -0.1) is 0 Å². The lowest BCUT2D eigenvalue weighted by atomic mass is 10.0. The van der Waals surface area contributed by atoms with Gasteiger partial charge in [0, 0.05) is 0 Å². The van der Waals surface area contributed by atoms with Gasteiger partial charge in [-0.05, 0) is 12.3 Å². The van der Waals surface area contributed by atoms with E-state index in [0.717, 1.165) is 12.8 Å². The second kappa shape index (κ2) is 8.05. The highest BCUT2D eigenvalue weighted by molar-refractivity contribution is 5.70. The van der Waals surface area contributed by atoms with Gasteiger partial charge in [0.25, 0.3) is 0 Å². The first kappa shape index (κ1) is 12.4. The standard InChI is InChI=1S/C10H20O3/c1-3-5-6-9(4-2)8-13-10(12)7-11/h9,11H,3-8H2,1-2H3/t9-/m0/s1. The van der Waals surface area contributed by atoms with Crippen molar-refractivity contribution in [2.45, 2.75) is 39.5 Å². The van der Waals surface area contributed by atoms with Gasteiger partial charge in [-0.1, -0.05) is 33.1 Å². The maximum atomic E-state index is 10.6. The van der Waals surface area contributed by atoms with Crippen LogP contribution in [-0.2, 0) is 9.53 Å². The number of hydrogen-bond acceptors (Lipinski definition) is 3. The van der Waals surface area contributed by atoms with Gasteiger partial charge in [-0.3, -0.25) is 0 Å². The Hall–Kier alpha value is -0.570. The van der Waals surface area contributed by atoms with E-state index in [2.05, 4.69) is 13.8 Å². The van der Waals surface area contributed by atoms with E-state index in [1.54, 1.807) is 0 Å². The molecule has 0 rings (SSSR count). The number of aliphatic hydroxyl groups excluding tert-OH is 1. The van der Waals surface area contributed by atoms with Gasteiger partial charge in [-0.25, -0.2) is 4.79 Å². The van der Waals surface area contributed by atoms with Crippen LogP contribution in [0.5, 0.6) is 0 Å². The highest BCUT2D eigenvalue weighted by Crippen LogP contribution is 2.12. The summed E-state index contributed by atoms with van der Waals surface area (Å²) in [5.74, 6) is -0.0644. The minimum absolute atomic E-state index is 0.454. The van der Waals surface area contributed by atoms with E-state index >= 15 is 0 Å². The molecule has 0 unspecified atom stereocenters. The number of hydrogen-bond donors (Lipinski definition) is 1. The molecule has 0 fully saturated rings. The number of carbonyl (C=O) groups is 1. The molecular formula is C10H20O3. The largest absolute Gasteiger partial charge is 0.464 e. The Balaban J connectivity index is 3.52. The lowest BCUT2D eigenvalue weighted by molar-refractivity contribution is -0.148. The second-order valence-electron chi connectivity index (χ2n) is 3.26. The molecule has 0 bridgehead atoms. The van der Waals surface area contributed by atoms with Crippen LogP contribution < -0.4 is 0 Å². The zero-order valence-electron chi connectivity index (χ0n) is 8.58. The minimum Gasteiger partial charge on any atom is -0.464 e. The molecule has 0 saturated carbocycles. The quantitative estimate of drug-likeness (QED) is 0.619. The van der Waals surface area contributed by atoms with Crippen LogP contribution in [0.3, 0.4) is 0 Å². The van der Waals surface area contributed by atoms with Crippen molar-refractivity contribution in [2.24, 2.45) is 5.92 Å². The average Bonchev–Trinajstić information content (AvgIpc) is 2.17. The molecule has 0 aromatic carbocycles. The topological polar surface area (TPSA) is 46.5 Å². The molecule has 1 N–H and O–H groups in total. The average molecular weight is 188 g/mol. The van der Waals surface area contributed by atoms with Gasteiger partial charge in [-0.2, -0.15) is 0 Å². The van der Waals surface area contributed by atoms with Gasteiger partial charge >= 0.3 is 5.97 Å². The molecule has 0 aromatic heterocycles. The zero-order valence-corrected chi connectivity index (χ0v) is 8.58. The number of aliphatic hydroxyl groups is 1. The molecule has 0 amide bonds. The Morgan fingerprint density at radius 1 is 1.46 bits per heavy atom. The number of esters is 1. The molecule has 13 heavy (non-hydrogen) atoms. The molecule has 0 radical (unpaired) electrons. The maximum absolute atomic E-state index is 10.6. The molecule has 0 heterocycles. The third-order valence-corrected chi connectivity index (χ3v) is 2.15. The summed E-state index contributed by atoms with van der Waals surface area (Å²) in [4.78, 5) is 10.6. The van der Waals surface area contributed by atoms with Gasteiger partial charge in [0.15, 0.2) is 0 Å². The molecule has 3 nitrogen and oxygen atoms in total. The van der Waals surface area contributed by atoms with Crippen LogP contribution in [0.2, 0.25) is 0 Å². The summed E-state index contributed by atoms with van der Waals surface area (Å²) < 4.78 is 4.85. The first-order chi connectivity index (χ1) is 6.24. The fourth-order valence-corrected chi connectivity index (χ4v) is 1.15. The van der Waals surface area contributed by atoms with Crippen molar-refractivity contribution in [3.05, 3.63) is 0 Å². The zero-order chi connectivity index (χ0) is 10.1. The normalized spacial score (nSPS) is 12.5. The summed E-state index contributed by atoms with van der Waals surface area (Å²) in [5.41, 5.74) is 0. The molecule has 0 aromatic rings. The molecule has 0 aliphatic rings. The Kier molecular flexibility index (Phi) is 7.69. The van der Waals surface area contributed by atoms with Crippen LogP contribution >= 0.6 is 0 Å². The molecule has 3 heteroatoms. The molecule has 0 aliphatic carbocycles. The van der Waals surface area contributed by atoms with E-state index in [0.29, 0.717) is 12.5 Å². The smallest absolute Gasteiger partial charge is 0.331 e. The summed E-state index contributed by atoms with van der Waals surface area (Å²) >= 11 is 0. The summed E-state index contributed by atoms with van der Waals surface area (Å²) in [6.45, 7) is 4.18. The highest BCUT2D eigenvalue weighted by Gasteiger charge is 2.08. The SMILES string of the molecule is CCCC[C@H](CC)COC(=O)CO. The van der Waals surface area contributed by atoms with Gasteiger partial charge in [0.2, 0.25) is 0 Å². The van der Waals surface area contributed by atoms with Crippen molar-refractivity contribution < 1.29 is 14.6 Å². The summed E-state index contributed by atoms with van der Waals surface area (Å²) in [6.07, 6.45) is 4.48. The number of unbranched alkanes of at least 4 members (excludes halogenated alkanes) is 1. The lowest BCUT2D eigenvalue weighted by Crippen LogP contribution is -2.16. The lowest BCUT2D eigenvalue weighted by Gasteiger charge is -2.13. The van der Waals surface area contributed by atoms with Crippen LogP contribution in [0.15, 0.2) is 0 Å². The van der Waals surface area contributed by atoms with E-state index in [9.17, 15) is 4.79 Å². The van der Waals surface area contributed by atoms with Crippen molar-refractivity contribution in [1.82, 2.24) is 0 Å². The number of ether oxygens (including phenoxy) is 1. The second-order valence-corrected chi connectivity index (χ2v) is 3.26. The fraction of sp³-hybridized carbons (Fsp3) is 0.900. The Labute approximate surface area is 80.1 Å². The summed E-state index contributed by atoms with van der Waals surface area (Å²) in [6, 6.07) is 0. The number of rotatable bonds is 7. The number of carbonyl (C=O) groups excluding carboxylic acids is 1. The van der Waals surface area contributed by atoms with Gasteiger partial charge < -0.3 is 9.84 Å². The molecule has 1 atom stereocenters. The van der Waals surface area contributed by atoms with Crippen LogP contribution in [0.4, 0.5) is 0 Å². The van der Waals surface area contributed by atoms with Crippen molar-refractivity contribution in [3.63, 3.8) is 0 Å². The molecule has 0 spiro atoms. The maximum Gasteiger partial charge on any atom is 0.331 e. The molecule has 78 valence electrons. The van der Waals surface area contributed by atoms with E-state index < -0.39 is 12.6 Å². The van der Waals surface area contributed by atoms with Crippen molar-refractivity contribution in [3.8, 4) is 0 Å². The Morgan fingerprint density at radius 2 is 2.15 bits per heavy atom. The van der Waals surface area contributed by atoms with E-state index in [-0.39, 0.29) is 0 Å². The van der Waals surface area contributed by atoms with Crippen molar-refractivity contribution in [1.29, 1.82) is 0 Å². The van der Waals surface area contributed by atoms with Crippen LogP contribution in [0.1, 0.15) is 39.5 Å². The molecular weight excluding hydrogens is 168 g/mol. The highest BCUT2D eigenvalue weighted by atomic mass is 16.5. The van der Waals surface area contributed by atoms with Gasteiger partial charge in [0.1, 0.15) is 6.61 Å². The summed E-state index contributed by atoms with van der Waals surface area (Å²) in [7, 11) is 0. The van der Waals surface area contributed by atoms with Crippen molar-refractivity contribution >= 4 is 5.97 Å². The fourth-order valence-electron chi connectivity index (χ4n) is 1.15. The predicted molar refractivity (Wildman–Crippen MR) is 51.4 cm³/mol. The van der Waals surface area contributed by atoms with Gasteiger partial charge in [0.05, 0.1) is 6.61 Å². The third-order valence-electron chi connectivity index (χ3n) is 2.15. The van der Waals surface area contributed by atoms with Crippen LogP contribution in [0, 0.1) is 5.92 Å². The molecule has 0 aliphatic heterocycles. The van der Waals surface area contributed by atoms with Crippen LogP contribution in [0.25, 0.3) is 0 Å². The first-order valence-corrected chi connectivity index (χ1v) is 5.01. The minimum atomic E-state index is -0.519. The monoisotopic (exact) mass is 188 g/mol. The summed E-state index contributed by atoms with van der Waals surface area (Å²) in [5, 5.41) is 8.42. The Bertz CT molecular complexity index is 134. The van der Waals surface area contributed by atoms with E-state index in [1.807, 2.05) is 0 Å². The third kappa shape index (κ3) is 6.58. The van der Waals surface area contributed by atoms with Crippen molar-refractivity contribution in [2.75, 3.05) is 13.2 Å². The van der Waals surface area contributed by atoms with E-state index in [1.165, 1.54) is 12.8 Å².